The van der Waals surface area contributed by atoms with Gasteiger partial charge in [-0.3, -0.25) is 0 Å². The molecule has 2 aromatic heterocycles. The van der Waals surface area contributed by atoms with E-state index < -0.39 is 8.07 Å². The van der Waals surface area contributed by atoms with E-state index in [1.54, 1.807) is 6.33 Å². The number of nitrogens with one attached hydrogen (secondary N) is 2. The van der Waals surface area contributed by atoms with Crippen molar-refractivity contribution in [1.29, 1.82) is 0 Å². The summed E-state index contributed by atoms with van der Waals surface area (Å²) in [4.78, 5) is 13.2. The largest absolute Gasteiger partial charge is 0.376 e. The van der Waals surface area contributed by atoms with E-state index in [0.717, 1.165) is 37.5 Å². The average molecular weight is 413 g/mol. The van der Waals surface area contributed by atoms with E-state index in [1.807, 2.05) is 0 Å². The van der Waals surface area contributed by atoms with Crippen molar-refractivity contribution < 1.29 is 4.74 Å². The van der Waals surface area contributed by atoms with Gasteiger partial charge in [-0.05, 0) is 44.1 Å². The fourth-order valence-corrected chi connectivity index (χ4v) is 9.00. The van der Waals surface area contributed by atoms with E-state index in [1.165, 1.54) is 65.7 Å². The van der Waals surface area contributed by atoms with Gasteiger partial charge in [0.05, 0.1) is 11.5 Å². The quantitative estimate of drug-likeness (QED) is 0.583. The highest BCUT2D eigenvalue weighted by molar-refractivity contribution is 6.92. The minimum absolute atomic E-state index is 0.297. The second kappa shape index (κ2) is 9.00. The van der Waals surface area contributed by atoms with Crippen molar-refractivity contribution in [2.24, 2.45) is 0 Å². The third kappa shape index (κ3) is 3.89. The van der Waals surface area contributed by atoms with Crippen LogP contribution in [0.1, 0.15) is 64.9 Å². The van der Waals surface area contributed by atoms with Gasteiger partial charge in [-0.15, -0.1) is 0 Å². The molecule has 0 saturated carbocycles. The van der Waals surface area contributed by atoms with E-state index in [4.69, 9.17) is 4.74 Å². The summed E-state index contributed by atoms with van der Waals surface area (Å²) in [6.45, 7) is 8.85. The maximum atomic E-state index is 5.83. The summed E-state index contributed by atoms with van der Waals surface area (Å²) in [6, 6.07) is 3.79. The zero-order valence-electron chi connectivity index (χ0n) is 18.3. The van der Waals surface area contributed by atoms with Crippen LogP contribution >= 0.6 is 0 Å². The molecule has 4 rings (SSSR count). The molecule has 29 heavy (non-hydrogen) atoms. The molecular weight excluding hydrogens is 376 g/mol. The second-order valence-corrected chi connectivity index (χ2v) is 13.8. The van der Waals surface area contributed by atoms with Crippen LogP contribution in [0.25, 0.3) is 16.6 Å². The fourth-order valence-electron chi connectivity index (χ4n) is 5.24. The van der Waals surface area contributed by atoms with Crippen LogP contribution in [-0.2, 0) is 4.74 Å². The van der Waals surface area contributed by atoms with Gasteiger partial charge in [-0.1, -0.05) is 45.0 Å². The van der Waals surface area contributed by atoms with Crippen molar-refractivity contribution in [1.82, 2.24) is 15.0 Å². The first kappa shape index (κ1) is 20.6. The van der Waals surface area contributed by atoms with Crippen LogP contribution < -0.4 is 10.6 Å². The molecule has 1 aliphatic carbocycles. The van der Waals surface area contributed by atoms with Gasteiger partial charge < -0.3 is 15.0 Å². The van der Waals surface area contributed by atoms with Crippen LogP contribution in [0, 0.1) is 0 Å². The molecular formula is C23H36N4OSi. The lowest BCUT2D eigenvalue weighted by Crippen LogP contribution is -2.48. The van der Waals surface area contributed by atoms with Gasteiger partial charge >= 0.3 is 0 Å². The van der Waals surface area contributed by atoms with Gasteiger partial charge in [0.25, 0.3) is 0 Å². The number of aromatic nitrogens is 3. The molecule has 0 amide bonds. The van der Waals surface area contributed by atoms with E-state index in [9.17, 15) is 0 Å². The van der Waals surface area contributed by atoms with Gasteiger partial charge in [0.15, 0.2) is 0 Å². The number of allylic oxidation sites excluding steroid dienone is 2. The smallest absolute Gasteiger partial charge is 0.143 e. The van der Waals surface area contributed by atoms with Gasteiger partial charge in [-0.2, -0.15) is 0 Å². The summed E-state index contributed by atoms with van der Waals surface area (Å²) < 4.78 is 5.83. The molecule has 2 aromatic rings. The molecule has 1 aliphatic heterocycles. The minimum atomic E-state index is -1.59. The average Bonchev–Trinajstić information content (AvgIpc) is 3.43. The molecule has 6 heteroatoms. The summed E-state index contributed by atoms with van der Waals surface area (Å²) >= 11 is 0. The molecule has 5 nitrogen and oxygen atoms in total. The number of ether oxygens (including phenoxy) is 1. The molecule has 0 bridgehead atoms. The van der Waals surface area contributed by atoms with Crippen LogP contribution in [0.4, 0.5) is 5.82 Å². The fraction of sp³-hybridized carbons (Fsp3) is 0.652. The molecule has 2 N–H and O–H groups in total. The molecule has 1 fully saturated rings. The third-order valence-electron chi connectivity index (χ3n) is 7.28. The van der Waals surface area contributed by atoms with Gasteiger partial charge in [0, 0.05) is 24.0 Å². The van der Waals surface area contributed by atoms with Crippen molar-refractivity contribution in [3.63, 3.8) is 0 Å². The predicted octanol–water partition coefficient (Wildman–Crippen LogP) is 5.22. The van der Waals surface area contributed by atoms with Crippen molar-refractivity contribution in [3.8, 4) is 0 Å². The summed E-state index contributed by atoms with van der Waals surface area (Å²) in [5.41, 5.74) is 3.95. The summed E-state index contributed by atoms with van der Waals surface area (Å²) in [6.07, 6.45) is 11.7. The van der Waals surface area contributed by atoms with Gasteiger partial charge in [0.1, 0.15) is 25.9 Å². The monoisotopic (exact) mass is 412 g/mol. The molecule has 0 spiro atoms. The highest BCUT2D eigenvalue weighted by Gasteiger charge is 2.36. The SMILES string of the molecule is CC[Si](CC)(CC)c1[nH]c2ncnc(NC[C@@H]3CCCO3)c2c1C1=CCCCC1. The van der Waals surface area contributed by atoms with Crippen LogP contribution in [0.3, 0.4) is 0 Å². The molecule has 0 unspecified atom stereocenters. The molecule has 0 radical (unpaired) electrons. The topological polar surface area (TPSA) is 62.8 Å². The summed E-state index contributed by atoms with van der Waals surface area (Å²) in [5.74, 6) is 0.973. The van der Waals surface area contributed by atoms with Crippen molar-refractivity contribution in [3.05, 3.63) is 18.0 Å². The zero-order valence-corrected chi connectivity index (χ0v) is 19.3. The lowest BCUT2D eigenvalue weighted by molar-refractivity contribution is 0.120. The molecule has 1 atom stereocenters. The number of anilines is 1. The van der Waals surface area contributed by atoms with Crippen molar-refractivity contribution >= 4 is 35.8 Å². The van der Waals surface area contributed by atoms with Crippen LogP contribution in [0.5, 0.6) is 0 Å². The highest BCUT2D eigenvalue weighted by Crippen LogP contribution is 2.36. The molecule has 0 aromatic carbocycles. The summed E-state index contributed by atoms with van der Waals surface area (Å²) in [7, 11) is -1.59. The van der Waals surface area contributed by atoms with E-state index in [0.29, 0.717) is 6.10 Å². The summed E-state index contributed by atoms with van der Waals surface area (Å²) in [5, 5.41) is 6.34. The van der Waals surface area contributed by atoms with E-state index in [-0.39, 0.29) is 0 Å². The van der Waals surface area contributed by atoms with Crippen molar-refractivity contribution in [2.45, 2.75) is 83.5 Å². The first-order valence-electron chi connectivity index (χ1n) is 11.6. The minimum Gasteiger partial charge on any atom is -0.376 e. The normalized spacial score (nSPS) is 20.2. The Hall–Kier alpha value is -1.66. The number of aromatic amines is 1. The molecule has 1 saturated heterocycles. The van der Waals surface area contributed by atoms with Crippen LogP contribution in [-0.4, -0.2) is 42.3 Å². The third-order valence-corrected chi connectivity index (χ3v) is 12.8. The zero-order chi connectivity index (χ0) is 20.3. The Morgan fingerprint density at radius 2 is 1.97 bits per heavy atom. The molecule has 158 valence electrons. The molecule has 2 aliphatic rings. The van der Waals surface area contributed by atoms with Gasteiger partial charge in [-0.25, -0.2) is 9.97 Å². The van der Waals surface area contributed by atoms with Crippen LogP contribution in [0.15, 0.2) is 12.4 Å². The standard InChI is InChI=1S/C23H36N4OSi/c1-4-29(5-2,6-3)23-19(17-11-8-7-9-12-17)20-21(25-16-26-22(20)27-23)24-15-18-13-10-14-28-18/h11,16,18H,4-10,12-15H2,1-3H3,(H2,24,25,26,27)/t18-/m0/s1. The number of hydrogen-bond donors (Lipinski definition) is 2. The highest BCUT2D eigenvalue weighted by atomic mass is 28.3. The maximum Gasteiger partial charge on any atom is 0.143 e. The first-order valence-corrected chi connectivity index (χ1v) is 14.3. The Labute approximate surface area is 175 Å². The van der Waals surface area contributed by atoms with Crippen LogP contribution in [0.2, 0.25) is 18.1 Å². The Morgan fingerprint density at radius 1 is 1.14 bits per heavy atom. The maximum absolute atomic E-state index is 5.83. The number of nitrogens with zero attached hydrogens (tertiary/aromatic N) is 2. The lowest BCUT2D eigenvalue weighted by atomic mass is 9.94. The Morgan fingerprint density at radius 3 is 2.62 bits per heavy atom. The van der Waals surface area contributed by atoms with Crippen molar-refractivity contribution in [2.75, 3.05) is 18.5 Å². The number of H-pyrrole nitrogens is 1. The number of fused-ring (bicyclic) bond motifs is 1. The Balaban J connectivity index is 1.84. The first-order chi connectivity index (χ1) is 14.2. The second-order valence-electron chi connectivity index (χ2n) is 8.65. The Bertz CT molecular complexity index is 857. The predicted molar refractivity (Wildman–Crippen MR) is 125 cm³/mol. The lowest BCUT2D eigenvalue weighted by Gasteiger charge is -2.29. The van der Waals surface area contributed by atoms with E-state index >= 15 is 0 Å². The Kier molecular flexibility index (Phi) is 6.40. The van der Waals surface area contributed by atoms with E-state index in [2.05, 4.69) is 47.1 Å². The number of rotatable bonds is 8. The number of hydrogen-bond acceptors (Lipinski definition) is 4. The molecule has 3 heterocycles. The van der Waals surface area contributed by atoms with Gasteiger partial charge in [0.2, 0.25) is 0 Å².